The van der Waals surface area contributed by atoms with E-state index in [1.165, 1.54) is 23.2 Å². The van der Waals surface area contributed by atoms with Gasteiger partial charge in [-0.3, -0.25) is 0 Å². The zero-order chi connectivity index (χ0) is 15.7. The number of aryl methyl sites for hydroxylation is 3. The summed E-state index contributed by atoms with van der Waals surface area (Å²) in [5.74, 6) is 0.233. The van der Waals surface area contributed by atoms with Crippen LogP contribution in [0.15, 0.2) is 30.3 Å². The van der Waals surface area contributed by atoms with E-state index in [2.05, 4.69) is 29.3 Å². The predicted octanol–water partition coefficient (Wildman–Crippen LogP) is 4.09. The molecule has 0 saturated heterocycles. The van der Waals surface area contributed by atoms with Crippen LogP contribution in [0.25, 0.3) is 16.7 Å². The zero-order valence-corrected chi connectivity index (χ0v) is 13.3. The number of benzene rings is 2. The van der Waals surface area contributed by atoms with Gasteiger partial charge in [-0.1, -0.05) is 25.5 Å². The monoisotopic (exact) mass is 295 g/mol. The quantitative estimate of drug-likeness (QED) is 0.789. The summed E-state index contributed by atoms with van der Waals surface area (Å²) in [5, 5.41) is 19.3. The summed E-state index contributed by atoms with van der Waals surface area (Å²) in [6.45, 7) is 6.08. The Labute approximate surface area is 130 Å². The van der Waals surface area contributed by atoms with E-state index < -0.39 is 0 Å². The number of phenols is 1. The van der Waals surface area contributed by atoms with E-state index in [1.54, 1.807) is 0 Å². The number of aromatic nitrogens is 3. The smallest absolute Gasteiger partial charge is 0.146 e. The zero-order valence-electron chi connectivity index (χ0n) is 13.3. The highest BCUT2D eigenvalue weighted by Crippen LogP contribution is 2.27. The van der Waals surface area contributed by atoms with E-state index in [-0.39, 0.29) is 5.75 Å². The summed E-state index contributed by atoms with van der Waals surface area (Å²) in [7, 11) is 0. The fourth-order valence-corrected chi connectivity index (χ4v) is 2.69. The number of hydrogen-bond acceptors (Lipinski definition) is 3. The standard InChI is InChI=1S/C18H21N3O/c1-4-5-6-14-7-8-15-16(11-14)20-21(19-15)17-10-12(2)9-13(3)18(17)22/h7-11,22H,4-6H2,1-3H3. The first kappa shape index (κ1) is 14.6. The molecule has 1 heterocycles. The minimum absolute atomic E-state index is 0.233. The van der Waals surface area contributed by atoms with Crippen LogP contribution < -0.4 is 0 Å². The van der Waals surface area contributed by atoms with E-state index >= 15 is 0 Å². The second-order valence-corrected chi connectivity index (χ2v) is 5.87. The maximum Gasteiger partial charge on any atom is 0.146 e. The van der Waals surface area contributed by atoms with E-state index in [4.69, 9.17) is 0 Å². The fraction of sp³-hybridized carbons (Fsp3) is 0.333. The van der Waals surface area contributed by atoms with Crippen LogP contribution in [0.5, 0.6) is 5.75 Å². The van der Waals surface area contributed by atoms with Gasteiger partial charge >= 0.3 is 0 Å². The molecule has 1 N–H and O–H groups in total. The summed E-state index contributed by atoms with van der Waals surface area (Å²) >= 11 is 0. The lowest BCUT2D eigenvalue weighted by molar-refractivity contribution is 0.463. The van der Waals surface area contributed by atoms with Gasteiger partial charge in [-0.25, -0.2) is 0 Å². The van der Waals surface area contributed by atoms with Gasteiger partial charge in [-0.2, -0.15) is 0 Å². The minimum atomic E-state index is 0.233. The normalized spacial score (nSPS) is 11.2. The van der Waals surface area contributed by atoms with Crippen LogP contribution in [-0.4, -0.2) is 20.1 Å². The molecule has 2 aromatic carbocycles. The lowest BCUT2D eigenvalue weighted by Crippen LogP contribution is -2.00. The molecule has 22 heavy (non-hydrogen) atoms. The van der Waals surface area contributed by atoms with Gasteiger partial charge in [0, 0.05) is 0 Å². The molecule has 4 nitrogen and oxygen atoms in total. The summed E-state index contributed by atoms with van der Waals surface area (Å²) in [6.07, 6.45) is 3.42. The number of hydrogen-bond donors (Lipinski definition) is 1. The second kappa shape index (κ2) is 5.79. The summed E-state index contributed by atoms with van der Waals surface area (Å²) in [5.41, 5.74) is 5.54. The van der Waals surface area contributed by atoms with Gasteiger partial charge in [0.2, 0.25) is 0 Å². The van der Waals surface area contributed by atoms with Crippen molar-refractivity contribution in [2.45, 2.75) is 40.0 Å². The Bertz CT molecular complexity index is 821. The van der Waals surface area contributed by atoms with E-state index in [0.717, 1.165) is 28.6 Å². The van der Waals surface area contributed by atoms with Crippen LogP contribution >= 0.6 is 0 Å². The van der Waals surface area contributed by atoms with Crippen LogP contribution in [0, 0.1) is 13.8 Å². The Hall–Kier alpha value is -2.36. The van der Waals surface area contributed by atoms with Crippen molar-refractivity contribution in [1.82, 2.24) is 15.0 Å². The van der Waals surface area contributed by atoms with Crippen LogP contribution in [0.3, 0.4) is 0 Å². The molecule has 1 aromatic heterocycles. The lowest BCUT2D eigenvalue weighted by atomic mass is 10.1. The molecule has 0 radical (unpaired) electrons. The molecule has 0 fully saturated rings. The summed E-state index contributed by atoms with van der Waals surface area (Å²) in [4.78, 5) is 1.53. The third-order valence-corrected chi connectivity index (χ3v) is 3.90. The summed E-state index contributed by atoms with van der Waals surface area (Å²) < 4.78 is 0. The Morgan fingerprint density at radius 3 is 2.59 bits per heavy atom. The van der Waals surface area contributed by atoms with Gasteiger partial charge < -0.3 is 5.11 Å². The van der Waals surface area contributed by atoms with Crippen molar-refractivity contribution in [3.8, 4) is 11.4 Å². The molecular weight excluding hydrogens is 274 g/mol. The van der Waals surface area contributed by atoms with Gasteiger partial charge in [-0.15, -0.1) is 15.0 Å². The molecule has 3 rings (SSSR count). The first-order valence-corrected chi connectivity index (χ1v) is 7.75. The number of phenolic OH excluding ortho intramolecular Hbond substituents is 1. The molecule has 0 bridgehead atoms. The molecule has 0 aliphatic heterocycles. The Kier molecular flexibility index (Phi) is 3.84. The molecule has 0 aliphatic carbocycles. The topological polar surface area (TPSA) is 50.9 Å². The van der Waals surface area contributed by atoms with E-state index in [0.29, 0.717) is 5.69 Å². The molecule has 114 valence electrons. The highest BCUT2D eigenvalue weighted by Gasteiger charge is 2.11. The van der Waals surface area contributed by atoms with Gasteiger partial charge in [0.1, 0.15) is 22.5 Å². The third-order valence-electron chi connectivity index (χ3n) is 3.90. The molecule has 0 amide bonds. The molecule has 0 spiro atoms. The van der Waals surface area contributed by atoms with Crippen molar-refractivity contribution in [2.75, 3.05) is 0 Å². The Balaban J connectivity index is 2.05. The van der Waals surface area contributed by atoms with Crippen LogP contribution in [-0.2, 0) is 6.42 Å². The maximum atomic E-state index is 10.3. The van der Waals surface area contributed by atoms with Gasteiger partial charge in [-0.05, 0) is 61.6 Å². The Morgan fingerprint density at radius 2 is 1.82 bits per heavy atom. The molecule has 3 aromatic rings. The average Bonchev–Trinajstić information content (AvgIpc) is 2.91. The van der Waals surface area contributed by atoms with Gasteiger partial charge in [0.05, 0.1) is 0 Å². The second-order valence-electron chi connectivity index (χ2n) is 5.87. The number of rotatable bonds is 4. The highest BCUT2D eigenvalue weighted by molar-refractivity contribution is 5.75. The summed E-state index contributed by atoms with van der Waals surface area (Å²) in [6, 6.07) is 10.1. The fourth-order valence-electron chi connectivity index (χ4n) is 2.69. The van der Waals surface area contributed by atoms with Crippen LogP contribution in [0.1, 0.15) is 36.5 Å². The highest BCUT2D eigenvalue weighted by atomic mass is 16.3. The largest absolute Gasteiger partial charge is 0.505 e. The van der Waals surface area contributed by atoms with Crippen molar-refractivity contribution in [2.24, 2.45) is 0 Å². The molecule has 0 unspecified atom stereocenters. The maximum absolute atomic E-state index is 10.3. The lowest BCUT2D eigenvalue weighted by Gasteiger charge is -2.07. The minimum Gasteiger partial charge on any atom is -0.505 e. The first-order valence-electron chi connectivity index (χ1n) is 7.75. The number of nitrogens with zero attached hydrogens (tertiary/aromatic N) is 3. The Morgan fingerprint density at radius 1 is 1.05 bits per heavy atom. The molecule has 0 saturated carbocycles. The average molecular weight is 295 g/mol. The van der Waals surface area contributed by atoms with Crippen LogP contribution in [0.2, 0.25) is 0 Å². The number of unbranched alkanes of at least 4 members (excludes halogenated alkanes) is 1. The number of aromatic hydroxyl groups is 1. The van der Waals surface area contributed by atoms with Crippen molar-refractivity contribution < 1.29 is 5.11 Å². The van der Waals surface area contributed by atoms with Crippen LogP contribution in [0.4, 0.5) is 0 Å². The van der Waals surface area contributed by atoms with Gasteiger partial charge in [0.25, 0.3) is 0 Å². The van der Waals surface area contributed by atoms with Crippen molar-refractivity contribution in [3.63, 3.8) is 0 Å². The SMILES string of the molecule is CCCCc1ccc2nn(-c3cc(C)cc(C)c3O)nc2c1. The van der Waals surface area contributed by atoms with E-state index in [9.17, 15) is 5.11 Å². The first-order chi connectivity index (χ1) is 10.6. The van der Waals surface area contributed by atoms with Gasteiger partial charge in [0.15, 0.2) is 0 Å². The van der Waals surface area contributed by atoms with Crippen molar-refractivity contribution in [1.29, 1.82) is 0 Å². The number of fused-ring (bicyclic) bond motifs is 1. The van der Waals surface area contributed by atoms with Crippen molar-refractivity contribution in [3.05, 3.63) is 47.0 Å². The predicted molar refractivity (Wildman–Crippen MR) is 88.6 cm³/mol. The van der Waals surface area contributed by atoms with Crippen molar-refractivity contribution >= 4 is 11.0 Å². The third kappa shape index (κ3) is 2.69. The molecule has 4 heteroatoms. The van der Waals surface area contributed by atoms with E-state index in [1.807, 2.05) is 32.0 Å². The molecular formula is C18H21N3O. The molecule has 0 aliphatic rings. The molecule has 0 atom stereocenters.